The lowest BCUT2D eigenvalue weighted by Crippen LogP contribution is -2.37. The Morgan fingerprint density at radius 2 is 2.04 bits per heavy atom. The first kappa shape index (κ1) is 17.5. The molecule has 1 N–H and O–H groups in total. The van der Waals surface area contributed by atoms with Crippen molar-refractivity contribution in [1.82, 2.24) is 4.90 Å². The topological polar surface area (TPSA) is 59.0 Å². The van der Waals surface area contributed by atoms with Crippen molar-refractivity contribution in [1.29, 1.82) is 0 Å². The number of aliphatic hydroxyl groups is 1. The number of methoxy groups -OCH3 is 2. The standard InChI is InChI=1S/C18H25NO4/c1-4-13(14-5-7-16(22-2)8-6-14)9-18(21)19-11-17(23-3)10-15(19)12-20/h5-9,15,17,20H,4,10-12H2,1-3H3/b13-9+/t15-,17-/m0/s1. The number of likely N-dealkylation sites (tertiary alicyclic amines) is 1. The van der Waals surface area contributed by atoms with E-state index in [1.807, 2.05) is 31.2 Å². The molecule has 0 radical (unpaired) electrons. The molecular formula is C18H25NO4. The summed E-state index contributed by atoms with van der Waals surface area (Å²) in [6.45, 7) is 2.51. The molecule has 5 heteroatoms. The van der Waals surface area contributed by atoms with Gasteiger partial charge in [0, 0.05) is 19.7 Å². The van der Waals surface area contributed by atoms with E-state index in [9.17, 15) is 9.90 Å². The van der Waals surface area contributed by atoms with E-state index in [0.717, 1.165) is 23.3 Å². The van der Waals surface area contributed by atoms with Gasteiger partial charge >= 0.3 is 0 Å². The smallest absolute Gasteiger partial charge is 0.247 e. The van der Waals surface area contributed by atoms with Crippen LogP contribution in [0.5, 0.6) is 5.75 Å². The summed E-state index contributed by atoms with van der Waals surface area (Å²) in [5.41, 5.74) is 1.97. The summed E-state index contributed by atoms with van der Waals surface area (Å²) < 4.78 is 10.5. The Balaban J connectivity index is 2.17. The highest BCUT2D eigenvalue weighted by atomic mass is 16.5. The van der Waals surface area contributed by atoms with E-state index in [1.54, 1.807) is 25.2 Å². The predicted octanol–water partition coefficient (Wildman–Crippen LogP) is 2.10. The molecule has 0 spiro atoms. The molecule has 0 aliphatic carbocycles. The van der Waals surface area contributed by atoms with Crippen LogP contribution in [0.1, 0.15) is 25.3 Å². The molecule has 126 valence electrons. The molecule has 0 saturated carbocycles. The number of carbonyl (C=O) groups excluding carboxylic acids is 1. The normalized spacial score (nSPS) is 21.6. The minimum absolute atomic E-state index is 0.00411. The third kappa shape index (κ3) is 4.12. The fourth-order valence-electron chi connectivity index (χ4n) is 2.91. The van der Waals surface area contributed by atoms with Crippen molar-refractivity contribution >= 4 is 11.5 Å². The highest BCUT2D eigenvalue weighted by molar-refractivity contribution is 5.95. The van der Waals surface area contributed by atoms with Crippen LogP contribution in [0.3, 0.4) is 0 Å². The molecule has 1 aliphatic heterocycles. The van der Waals surface area contributed by atoms with Crippen LogP contribution in [0.2, 0.25) is 0 Å². The summed E-state index contributed by atoms with van der Waals surface area (Å²) >= 11 is 0. The van der Waals surface area contributed by atoms with Crippen molar-refractivity contribution in [2.75, 3.05) is 27.4 Å². The van der Waals surface area contributed by atoms with Crippen LogP contribution in [-0.2, 0) is 9.53 Å². The van der Waals surface area contributed by atoms with Gasteiger partial charge in [-0.2, -0.15) is 0 Å². The van der Waals surface area contributed by atoms with Gasteiger partial charge in [-0.3, -0.25) is 4.79 Å². The van der Waals surface area contributed by atoms with E-state index in [0.29, 0.717) is 13.0 Å². The van der Waals surface area contributed by atoms with E-state index in [1.165, 1.54) is 0 Å². The highest BCUT2D eigenvalue weighted by Gasteiger charge is 2.34. The maximum absolute atomic E-state index is 12.6. The van der Waals surface area contributed by atoms with Gasteiger partial charge in [-0.1, -0.05) is 19.1 Å². The molecule has 1 aromatic carbocycles. The Morgan fingerprint density at radius 1 is 1.35 bits per heavy atom. The number of rotatable bonds is 6. The molecule has 1 aromatic rings. The summed E-state index contributed by atoms with van der Waals surface area (Å²) in [5, 5.41) is 9.48. The first-order valence-electron chi connectivity index (χ1n) is 7.92. The van der Waals surface area contributed by atoms with Gasteiger partial charge in [0.25, 0.3) is 0 Å². The summed E-state index contributed by atoms with van der Waals surface area (Å²) in [6.07, 6.45) is 3.10. The Hall–Kier alpha value is -1.85. The molecule has 2 atom stereocenters. The predicted molar refractivity (Wildman–Crippen MR) is 89.3 cm³/mol. The Kier molecular flexibility index (Phi) is 6.19. The molecule has 0 bridgehead atoms. The lowest BCUT2D eigenvalue weighted by atomic mass is 10.0. The molecule has 1 fully saturated rings. The number of allylic oxidation sites excluding steroid dienone is 1. The maximum atomic E-state index is 12.6. The lowest BCUT2D eigenvalue weighted by molar-refractivity contribution is -0.127. The maximum Gasteiger partial charge on any atom is 0.247 e. The van der Waals surface area contributed by atoms with Gasteiger partial charge in [0.05, 0.1) is 25.9 Å². The number of ether oxygens (including phenoxy) is 2. The Labute approximate surface area is 137 Å². The Bertz CT molecular complexity index is 553. The average Bonchev–Trinajstić information content (AvgIpc) is 3.03. The van der Waals surface area contributed by atoms with E-state index < -0.39 is 0 Å². The third-order valence-corrected chi connectivity index (χ3v) is 4.34. The van der Waals surface area contributed by atoms with Crippen LogP contribution in [0, 0.1) is 0 Å². The second-order valence-electron chi connectivity index (χ2n) is 5.67. The van der Waals surface area contributed by atoms with Crippen molar-refractivity contribution in [3.63, 3.8) is 0 Å². The van der Waals surface area contributed by atoms with Crippen molar-refractivity contribution in [3.05, 3.63) is 35.9 Å². The number of benzene rings is 1. The third-order valence-electron chi connectivity index (χ3n) is 4.34. The molecule has 1 aliphatic rings. The number of carbonyl (C=O) groups is 1. The molecule has 1 saturated heterocycles. The second kappa shape index (κ2) is 8.13. The van der Waals surface area contributed by atoms with Gasteiger partial charge in [-0.05, 0) is 36.1 Å². The largest absolute Gasteiger partial charge is 0.497 e. The molecule has 5 nitrogen and oxygen atoms in total. The number of hydrogen-bond donors (Lipinski definition) is 1. The molecule has 1 amide bonds. The summed E-state index contributed by atoms with van der Waals surface area (Å²) in [6, 6.07) is 7.50. The SMILES string of the molecule is CC/C(=C\C(=O)N1C[C@@H](OC)C[C@H]1CO)c1ccc(OC)cc1. The van der Waals surface area contributed by atoms with Crippen molar-refractivity contribution in [3.8, 4) is 5.75 Å². The summed E-state index contributed by atoms with van der Waals surface area (Å²) in [7, 11) is 3.27. The van der Waals surface area contributed by atoms with E-state index >= 15 is 0 Å². The van der Waals surface area contributed by atoms with Gasteiger partial charge in [0.15, 0.2) is 0 Å². The van der Waals surface area contributed by atoms with E-state index in [-0.39, 0.29) is 24.7 Å². The first-order chi connectivity index (χ1) is 11.1. The van der Waals surface area contributed by atoms with E-state index in [2.05, 4.69) is 0 Å². The average molecular weight is 319 g/mol. The number of aliphatic hydroxyl groups excluding tert-OH is 1. The van der Waals surface area contributed by atoms with Crippen LogP contribution in [0.25, 0.3) is 5.57 Å². The highest BCUT2D eigenvalue weighted by Crippen LogP contribution is 2.24. The number of amides is 1. The van der Waals surface area contributed by atoms with Crippen LogP contribution < -0.4 is 4.74 Å². The van der Waals surface area contributed by atoms with Crippen LogP contribution >= 0.6 is 0 Å². The minimum Gasteiger partial charge on any atom is -0.497 e. The van der Waals surface area contributed by atoms with Crippen LogP contribution in [0.4, 0.5) is 0 Å². The van der Waals surface area contributed by atoms with Crippen LogP contribution in [-0.4, -0.2) is 55.4 Å². The first-order valence-corrected chi connectivity index (χ1v) is 7.92. The van der Waals surface area contributed by atoms with Gasteiger partial charge in [-0.25, -0.2) is 0 Å². The van der Waals surface area contributed by atoms with E-state index in [4.69, 9.17) is 9.47 Å². The zero-order chi connectivity index (χ0) is 16.8. The monoisotopic (exact) mass is 319 g/mol. The van der Waals surface area contributed by atoms with Gasteiger partial charge in [0.2, 0.25) is 5.91 Å². The number of hydrogen-bond acceptors (Lipinski definition) is 4. The van der Waals surface area contributed by atoms with Crippen molar-refractivity contribution in [2.24, 2.45) is 0 Å². The molecule has 23 heavy (non-hydrogen) atoms. The minimum atomic E-state index is -0.169. The molecule has 0 aromatic heterocycles. The molecular weight excluding hydrogens is 294 g/mol. The van der Waals surface area contributed by atoms with Crippen molar-refractivity contribution < 1.29 is 19.4 Å². The van der Waals surface area contributed by atoms with Gasteiger partial charge in [-0.15, -0.1) is 0 Å². The van der Waals surface area contributed by atoms with Gasteiger partial charge < -0.3 is 19.5 Å². The quantitative estimate of drug-likeness (QED) is 0.816. The number of nitrogens with zero attached hydrogens (tertiary/aromatic N) is 1. The zero-order valence-electron chi connectivity index (χ0n) is 14.0. The summed E-state index contributed by atoms with van der Waals surface area (Å²) in [4.78, 5) is 14.3. The molecule has 0 unspecified atom stereocenters. The van der Waals surface area contributed by atoms with Crippen molar-refractivity contribution in [2.45, 2.75) is 31.9 Å². The summed E-state index contributed by atoms with van der Waals surface area (Å²) in [5.74, 6) is 0.717. The Morgan fingerprint density at radius 3 is 2.57 bits per heavy atom. The molecule has 1 heterocycles. The fourth-order valence-corrected chi connectivity index (χ4v) is 2.91. The van der Waals surface area contributed by atoms with Gasteiger partial charge in [0.1, 0.15) is 5.75 Å². The second-order valence-corrected chi connectivity index (χ2v) is 5.67. The lowest BCUT2D eigenvalue weighted by Gasteiger charge is -2.21. The zero-order valence-corrected chi connectivity index (χ0v) is 14.0. The fraction of sp³-hybridized carbons (Fsp3) is 0.500. The molecule has 2 rings (SSSR count). The van der Waals surface area contributed by atoms with Crippen LogP contribution in [0.15, 0.2) is 30.3 Å².